The first-order valence-electron chi connectivity index (χ1n) is 8.37. The van der Waals surface area contributed by atoms with Crippen LogP contribution in [0.15, 0.2) is 68.8 Å². The van der Waals surface area contributed by atoms with Gasteiger partial charge in [-0.25, -0.2) is 10.2 Å². The Morgan fingerprint density at radius 2 is 1.93 bits per heavy atom. The third-order valence-corrected chi connectivity index (χ3v) is 4.57. The van der Waals surface area contributed by atoms with Gasteiger partial charge in [0.1, 0.15) is 11.5 Å². The molecule has 0 fully saturated rings. The van der Waals surface area contributed by atoms with Gasteiger partial charge in [-0.15, -0.1) is 0 Å². The number of nitrogens with zero attached hydrogens (tertiary/aromatic N) is 1. The predicted molar refractivity (Wildman–Crippen MR) is 116 cm³/mol. The number of hydrogen-bond donors (Lipinski definition) is 1. The largest absolute Gasteiger partial charge is 0.482 e. The molecule has 3 aromatic rings. The molecular formula is C20H13BrCl2N2O5. The third kappa shape index (κ3) is 6.09. The molecule has 0 radical (unpaired) electrons. The number of hydrogen-bond acceptors (Lipinski definition) is 6. The zero-order valence-corrected chi connectivity index (χ0v) is 18.2. The highest BCUT2D eigenvalue weighted by Gasteiger charge is 2.14. The number of esters is 1. The minimum Gasteiger partial charge on any atom is -0.482 e. The maximum atomic E-state index is 12.1. The molecule has 0 spiro atoms. The van der Waals surface area contributed by atoms with Crippen LogP contribution < -0.4 is 14.9 Å². The van der Waals surface area contributed by atoms with Crippen molar-refractivity contribution in [2.24, 2.45) is 5.10 Å². The van der Waals surface area contributed by atoms with Crippen molar-refractivity contribution >= 4 is 57.2 Å². The van der Waals surface area contributed by atoms with E-state index in [0.717, 1.165) is 4.47 Å². The van der Waals surface area contributed by atoms with E-state index in [1.165, 1.54) is 24.6 Å². The van der Waals surface area contributed by atoms with Crippen molar-refractivity contribution in [2.45, 2.75) is 0 Å². The summed E-state index contributed by atoms with van der Waals surface area (Å²) in [6.07, 6.45) is 2.71. The fraction of sp³-hybridized carbons (Fsp3) is 0.0500. The highest BCUT2D eigenvalue weighted by molar-refractivity contribution is 9.10. The number of furan rings is 1. The Kier molecular flexibility index (Phi) is 7.51. The number of carbonyl (C=O) groups is 2. The van der Waals surface area contributed by atoms with E-state index >= 15 is 0 Å². The Balaban J connectivity index is 1.60. The Morgan fingerprint density at radius 1 is 1.13 bits per heavy atom. The summed E-state index contributed by atoms with van der Waals surface area (Å²) in [5.41, 5.74) is 2.77. The lowest BCUT2D eigenvalue weighted by molar-refractivity contribution is -0.123. The Morgan fingerprint density at radius 3 is 2.67 bits per heavy atom. The average molecular weight is 512 g/mol. The van der Waals surface area contributed by atoms with Crippen LogP contribution in [-0.2, 0) is 4.79 Å². The van der Waals surface area contributed by atoms with Gasteiger partial charge in [0.15, 0.2) is 6.61 Å². The summed E-state index contributed by atoms with van der Waals surface area (Å²) in [6.45, 7) is -0.308. The van der Waals surface area contributed by atoms with Crippen molar-refractivity contribution in [3.05, 3.63) is 80.6 Å². The predicted octanol–water partition coefficient (Wildman–Crippen LogP) is 5.10. The zero-order valence-electron chi connectivity index (χ0n) is 15.1. The molecule has 0 saturated heterocycles. The van der Waals surface area contributed by atoms with Crippen molar-refractivity contribution in [3.63, 3.8) is 0 Å². The van der Waals surface area contributed by atoms with Crippen LogP contribution in [0.2, 0.25) is 10.0 Å². The van der Waals surface area contributed by atoms with Gasteiger partial charge >= 0.3 is 5.97 Å². The molecule has 2 aromatic carbocycles. The number of benzene rings is 2. The van der Waals surface area contributed by atoms with Crippen molar-refractivity contribution < 1.29 is 23.5 Å². The molecule has 0 unspecified atom stereocenters. The number of halogens is 3. The van der Waals surface area contributed by atoms with Gasteiger partial charge in [0.25, 0.3) is 5.91 Å². The van der Waals surface area contributed by atoms with Crippen molar-refractivity contribution in [1.29, 1.82) is 0 Å². The average Bonchev–Trinajstić information content (AvgIpc) is 3.24. The van der Waals surface area contributed by atoms with Crippen LogP contribution in [-0.4, -0.2) is 24.7 Å². The maximum absolute atomic E-state index is 12.1. The van der Waals surface area contributed by atoms with E-state index in [9.17, 15) is 9.59 Å². The van der Waals surface area contributed by atoms with Crippen LogP contribution >= 0.6 is 39.1 Å². The molecule has 1 heterocycles. The second-order valence-electron chi connectivity index (χ2n) is 5.71. The van der Waals surface area contributed by atoms with Crippen LogP contribution in [0.4, 0.5) is 0 Å². The second-order valence-corrected chi connectivity index (χ2v) is 7.46. The monoisotopic (exact) mass is 510 g/mol. The van der Waals surface area contributed by atoms with Gasteiger partial charge < -0.3 is 13.9 Å². The fourth-order valence-electron chi connectivity index (χ4n) is 2.20. The van der Waals surface area contributed by atoms with Gasteiger partial charge in [-0.3, -0.25) is 4.79 Å². The molecule has 10 heteroatoms. The normalized spacial score (nSPS) is 10.8. The van der Waals surface area contributed by atoms with E-state index in [0.29, 0.717) is 16.3 Å². The molecule has 154 valence electrons. The van der Waals surface area contributed by atoms with E-state index in [-0.39, 0.29) is 23.1 Å². The first-order chi connectivity index (χ1) is 14.4. The van der Waals surface area contributed by atoms with Gasteiger partial charge in [-0.05, 0) is 48.5 Å². The van der Waals surface area contributed by atoms with E-state index < -0.39 is 11.9 Å². The third-order valence-electron chi connectivity index (χ3n) is 3.54. The summed E-state index contributed by atoms with van der Waals surface area (Å²) in [5, 5.41) is 4.61. The minimum atomic E-state index is -0.658. The SMILES string of the molecule is O=C(COc1ccc(Cl)cc1Cl)N/N=C/c1cc(Br)ccc1OC(=O)c1ccco1. The summed E-state index contributed by atoms with van der Waals surface area (Å²) in [7, 11) is 0. The van der Waals surface area contributed by atoms with Gasteiger partial charge in [-0.1, -0.05) is 39.1 Å². The maximum Gasteiger partial charge on any atom is 0.379 e. The molecule has 0 bridgehead atoms. The lowest BCUT2D eigenvalue weighted by Crippen LogP contribution is -2.24. The molecule has 1 N–H and O–H groups in total. The Hall–Kier alpha value is -2.81. The molecular weight excluding hydrogens is 499 g/mol. The summed E-state index contributed by atoms with van der Waals surface area (Å²) >= 11 is 15.1. The lowest BCUT2D eigenvalue weighted by atomic mass is 10.2. The van der Waals surface area contributed by atoms with Crippen molar-refractivity contribution in [1.82, 2.24) is 5.43 Å². The van der Waals surface area contributed by atoms with E-state index in [1.54, 1.807) is 36.4 Å². The molecule has 0 aliphatic carbocycles. The highest BCUT2D eigenvalue weighted by Crippen LogP contribution is 2.27. The van der Waals surface area contributed by atoms with Crippen LogP contribution in [0.1, 0.15) is 16.1 Å². The first kappa shape index (κ1) is 21.9. The van der Waals surface area contributed by atoms with Gasteiger partial charge in [0.2, 0.25) is 5.76 Å². The minimum absolute atomic E-state index is 0.0621. The number of ether oxygens (including phenoxy) is 2. The molecule has 3 rings (SSSR count). The van der Waals surface area contributed by atoms with E-state index in [4.69, 9.17) is 37.1 Å². The topological polar surface area (TPSA) is 90.1 Å². The molecule has 0 atom stereocenters. The van der Waals surface area contributed by atoms with E-state index in [2.05, 4.69) is 26.5 Å². The van der Waals surface area contributed by atoms with E-state index in [1.807, 2.05) is 0 Å². The smallest absolute Gasteiger partial charge is 0.379 e. The fourth-order valence-corrected chi connectivity index (χ4v) is 3.04. The van der Waals surface area contributed by atoms with Crippen LogP contribution in [0.5, 0.6) is 11.5 Å². The Bertz CT molecular complexity index is 1090. The number of hydrazone groups is 1. The Labute approximate surface area is 189 Å². The second kappa shape index (κ2) is 10.3. The van der Waals surface area contributed by atoms with Crippen LogP contribution in [0.3, 0.4) is 0 Å². The summed E-state index contributed by atoms with van der Waals surface area (Å²) in [6, 6.07) is 12.7. The van der Waals surface area contributed by atoms with Gasteiger partial charge in [0, 0.05) is 15.1 Å². The number of nitrogens with one attached hydrogen (secondary N) is 1. The molecule has 0 aliphatic heterocycles. The number of rotatable bonds is 7. The zero-order chi connectivity index (χ0) is 21.5. The summed E-state index contributed by atoms with van der Waals surface area (Å²) in [5.74, 6) is -0.552. The lowest BCUT2D eigenvalue weighted by Gasteiger charge is -2.08. The molecule has 7 nitrogen and oxygen atoms in total. The molecule has 1 amide bonds. The van der Waals surface area contributed by atoms with Gasteiger partial charge in [-0.2, -0.15) is 5.10 Å². The van der Waals surface area contributed by atoms with Crippen molar-refractivity contribution in [2.75, 3.05) is 6.61 Å². The summed E-state index contributed by atoms with van der Waals surface area (Å²) < 4.78 is 16.4. The molecule has 0 aliphatic rings. The molecule has 1 aromatic heterocycles. The number of amides is 1. The first-order valence-corrected chi connectivity index (χ1v) is 9.92. The quantitative estimate of drug-likeness (QED) is 0.206. The summed E-state index contributed by atoms with van der Waals surface area (Å²) in [4.78, 5) is 24.0. The van der Waals surface area contributed by atoms with Crippen LogP contribution in [0.25, 0.3) is 0 Å². The standard InChI is InChI=1S/C20H13BrCl2N2O5/c21-13-3-5-16(30-20(27)18-2-1-7-28-18)12(8-13)10-24-25-19(26)11-29-17-6-4-14(22)9-15(17)23/h1-10H,11H2,(H,25,26)/b24-10+. The van der Waals surface area contributed by atoms with Crippen LogP contribution in [0, 0.1) is 0 Å². The molecule has 30 heavy (non-hydrogen) atoms. The number of carbonyl (C=O) groups excluding carboxylic acids is 2. The van der Waals surface area contributed by atoms with Crippen molar-refractivity contribution in [3.8, 4) is 11.5 Å². The highest BCUT2D eigenvalue weighted by atomic mass is 79.9. The van der Waals surface area contributed by atoms with Gasteiger partial charge in [0.05, 0.1) is 17.5 Å². The molecule has 0 saturated carbocycles.